The van der Waals surface area contributed by atoms with Crippen molar-refractivity contribution in [1.82, 2.24) is 14.9 Å². The van der Waals surface area contributed by atoms with Gasteiger partial charge in [-0.25, -0.2) is 4.98 Å². The van der Waals surface area contributed by atoms with Gasteiger partial charge in [-0.05, 0) is 36.4 Å². The maximum Gasteiger partial charge on any atom is 0.248 e. The predicted octanol–water partition coefficient (Wildman–Crippen LogP) is 3.30. The van der Waals surface area contributed by atoms with Crippen LogP contribution < -0.4 is 10.1 Å². The normalized spacial score (nSPS) is 15.8. The fraction of sp³-hybridized carbons (Fsp3) is 0.238. The molecule has 2 aromatic heterocycles. The van der Waals surface area contributed by atoms with Crippen molar-refractivity contribution < 1.29 is 14.3 Å². The summed E-state index contributed by atoms with van der Waals surface area (Å²) < 4.78 is 5.13. The Kier molecular flexibility index (Phi) is 6.29. The van der Waals surface area contributed by atoms with Crippen LogP contribution in [0.1, 0.15) is 5.69 Å². The minimum Gasteiger partial charge on any atom is -0.497 e. The van der Waals surface area contributed by atoms with Crippen LogP contribution in [0, 0.1) is 0 Å². The minimum atomic E-state index is -0.501. The number of carbonyl (C=O) groups excluding carboxylic acids is 2. The summed E-state index contributed by atoms with van der Waals surface area (Å²) in [7, 11) is 1.59. The fourth-order valence-electron chi connectivity index (χ4n) is 3.06. The van der Waals surface area contributed by atoms with Crippen LogP contribution in [-0.4, -0.2) is 51.5 Å². The van der Waals surface area contributed by atoms with Gasteiger partial charge in [-0.3, -0.25) is 14.6 Å². The fourth-order valence-corrected chi connectivity index (χ4v) is 5.03. The van der Waals surface area contributed by atoms with Crippen LogP contribution in [-0.2, 0) is 16.0 Å². The lowest BCUT2D eigenvalue weighted by atomic mass is 10.2. The number of benzene rings is 1. The molecule has 154 valence electrons. The van der Waals surface area contributed by atoms with E-state index >= 15 is 0 Å². The first-order chi connectivity index (χ1) is 14.6. The minimum absolute atomic E-state index is 0.104. The van der Waals surface area contributed by atoms with Crippen LogP contribution in [0.15, 0.2) is 54.0 Å². The molecule has 2 amide bonds. The molecule has 9 heteroatoms. The second kappa shape index (κ2) is 9.27. The molecule has 1 fully saturated rings. The Bertz CT molecular complexity index is 1020. The molecule has 1 saturated heterocycles. The Morgan fingerprint density at radius 1 is 1.23 bits per heavy atom. The van der Waals surface area contributed by atoms with E-state index in [0.29, 0.717) is 23.0 Å². The number of rotatable bonds is 6. The van der Waals surface area contributed by atoms with Gasteiger partial charge in [0.05, 0.1) is 30.8 Å². The summed E-state index contributed by atoms with van der Waals surface area (Å²) in [6.07, 6.45) is 1.88. The number of ether oxygens (including phenoxy) is 1. The molecule has 1 aliphatic rings. The van der Waals surface area contributed by atoms with Crippen molar-refractivity contribution in [3.05, 3.63) is 59.7 Å². The summed E-state index contributed by atoms with van der Waals surface area (Å²) in [5.74, 6) is 1.49. The van der Waals surface area contributed by atoms with Crippen LogP contribution in [0.3, 0.4) is 0 Å². The average Bonchev–Trinajstić information content (AvgIpc) is 3.45. The number of hydrogen-bond donors (Lipinski definition) is 1. The Morgan fingerprint density at radius 2 is 2.07 bits per heavy atom. The van der Waals surface area contributed by atoms with Crippen molar-refractivity contribution in [2.75, 3.05) is 24.1 Å². The highest BCUT2D eigenvalue weighted by molar-refractivity contribution is 7.99. The molecule has 30 heavy (non-hydrogen) atoms. The molecule has 1 aromatic carbocycles. The lowest BCUT2D eigenvalue weighted by Gasteiger charge is -2.23. The van der Waals surface area contributed by atoms with Gasteiger partial charge >= 0.3 is 0 Å². The predicted molar refractivity (Wildman–Crippen MR) is 119 cm³/mol. The second-order valence-electron chi connectivity index (χ2n) is 6.63. The summed E-state index contributed by atoms with van der Waals surface area (Å²) in [6.45, 7) is 0. The van der Waals surface area contributed by atoms with Gasteiger partial charge in [0.2, 0.25) is 11.8 Å². The molecular weight excluding hydrogens is 420 g/mol. The van der Waals surface area contributed by atoms with Crippen LogP contribution in [0.4, 0.5) is 5.69 Å². The number of nitrogens with zero attached hydrogens (tertiary/aromatic N) is 3. The van der Waals surface area contributed by atoms with E-state index in [4.69, 9.17) is 4.74 Å². The summed E-state index contributed by atoms with van der Waals surface area (Å²) in [5, 5.41) is 5.54. The summed E-state index contributed by atoms with van der Waals surface area (Å²) in [5.41, 5.74) is 2.15. The van der Waals surface area contributed by atoms with E-state index in [1.54, 1.807) is 54.2 Å². The van der Waals surface area contributed by atoms with E-state index in [1.807, 2.05) is 23.6 Å². The third-order valence-electron chi connectivity index (χ3n) is 4.63. The van der Waals surface area contributed by atoms with Crippen LogP contribution >= 0.6 is 23.1 Å². The standard InChI is InChI=1S/C21H20N4O3S2/c1-28-16-7-5-14(6-8-16)23-20(27)18-12-29-13-25(18)19(26)10-15-11-30-21(24-15)17-4-2-3-9-22-17/h2-9,11,18H,10,12-13H2,1H3,(H,23,27). The summed E-state index contributed by atoms with van der Waals surface area (Å²) in [6, 6.07) is 12.3. The number of amides is 2. The van der Waals surface area contributed by atoms with Gasteiger partial charge < -0.3 is 15.0 Å². The highest BCUT2D eigenvalue weighted by Crippen LogP contribution is 2.26. The number of thioether (sulfide) groups is 1. The summed E-state index contributed by atoms with van der Waals surface area (Å²) >= 11 is 3.03. The number of thiazole rings is 1. The Morgan fingerprint density at radius 3 is 2.80 bits per heavy atom. The number of nitrogens with one attached hydrogen (secondary N) is 1. The van der Waals surface area contributed by atoms with E-state index in [1.165, 1.54) is 11.3 Å². The number of anilines is 1. The largest absolute Gasteiger partial charge is 0.497 e. The second-order valence-corrected chi connectivity index (χ2v) is 8.49. The van der Waals surface area contributed by atoms with Crippen molar-refractivity contribution >= 4 is 40.6 Å². The molecule has 1 N–H and O–H groups in total. The maximum absolute atomic E-state index is 12.9. The smallest absolute Gasteiger partial charge is 0.248 e. The maximum atomic E-state index is 12.9. The van der Waals surface area contributed by atoms with Gasteiger partial charge in [-0.2, -0.15) is 0 Å². The number of hydrogen-bond acceptors (Lipinski definition) is 7. The lowest BCUT2D eigenvalue weighted by Crippen LogP contribution is -2.45. The van der Waals surface area contributed by atoms with Crippen molar-refractivity contribution in [3.63, 3.8) is 0 Å². The zero-order chi connectivity index (χ0) is 20.9. The molecule has 4 rings (SSSR count). The SMILES string of the molecule is COc1ccc(NC(=O)C2CSCN2C(=O)Cc2csc(-c3ccccn3)n2)cc1. The first-order valence-electron chi connectivity index (χ1n) is 9.32. The highest BCUT2D eigenvalue weighted by Gasteiger charge is 2.34. The van der Waals surface area contributed by atoms with Gasteiger partial charge in [0.15, 0.2) is 0 Å². The van der Waals surface area contributed by atoms with Crippen LogP contribution in [0.25, 0.3) is 10.7 Å². The van der Waals surface area contributed by atoms with Crippen LogP contribution in [0.2, 0.25) is 0 Å². The van der Waals surface area contributed by atoms with Gasteiger partial charge in [0.25, 0.3) is 0 Å². The van der Waals surface area contributed by atoms with Gasteiger partial charge in [0, 0.05) is 23.0 Å². The number of pyridine rings is 1. The van der Waals surface area contributed by atoms with E-state index in [9.17, 15) is 9.59 Å². The quantitative estimate of drug-likeness (QED) is 0.633. The van der Waals surface area contributed by atoms with Gasteiger partial charge in [-0.1, -0.05) is 6.07 Å². The Hall–Kier alpha value is -2.91. The number of carbonyl (C=O) groups is 2. The van der Waals surface area contributed by atoms with Crippen LogP contribution in [0.5, 0.6) is 5.75 Å². The zero-order valence-corrected chi connectivity index (χ0v) is 17.9. The molecule has 0 spiro atoms. The first kappa shape index (κ1) is 20.4. The highest BCUT2D eigenvalue weighted by atomic mass is 32.2. The van der Waals surface area contributed by atoms with Gasteiger partial charge in [-0.15, -0.1) is 23.1 Å². The lowest BCUT2D eigenvalue weighted by molar-refractivity contribution is -0.135. The van der Waals surface area contributed by atoms with Gasteiger partial charge in [0.1, 0.15) is 16.8 Å². The monoisotopic (exact) mass is 440 g/mol. The molecule has 7 nitrogen and oxygen atoms in total. The molecule has 3 heterocycles. The third kappa shape index (κ3) is 4.63. The zero-order valence-electron chi connectivity index (χ0n) is 16.3. The summed E-state index contributed by atoms with van der Waals surface area (Å²) in [4.78, 5) is 36.1. The Balaban J connectivity index is 1.39. The third-order valence-corrected chi connectivity index (χ3v) is 6.56. The van der Waals surface area contributed by atoms with E-state index in [-0.39, 0.29) is 18.2 Å². The topological polar surface area (TPSA) is 84.4 Å². The molecular formula is C21H20N4O3S2. The molecule has 1 atom stereocenters. The average molecular weight is 441 g/mol. The molecule has 3 aromatic rings. The number of aromatic nitrogens is 2. The van der Waals surface area contributed by atoms with E-state index < -0.39 is 6.04 Å². The molecule has 0 bridgehead atoms. The van der Waals surface area contributed by atoms with Crippen molar-refractivity contribution in [3.8, 4) is 16.5 Å². The molecule has 1 unspecified atom stereocenters. The molecule has 0 saturated carbocycles. The van der Waals surface area contributed by atoms with E-state index in [0.717, 1.165) is 16.5 Å². The molecule has 0 aliphatic carbocycles. The molecule has 0 radical (unpaired) electrons. The molecule has 1 aliphatic heterocycles. The first-order valence-corrected chi connectivity index (χ1v) is 11.4. The van der Waals surface area contributed by atoms with Crippen molar-refractivity contribution in [2.24, 2.45) is 0 Å². The van der Waals surface area contributed by atoms with Crippen molar-refractivity contribution in [2.45, 2.75) is 12.5 Å². The number of methoxy groups -OCH3 is 1. The van der Waals surface area contributed by atoms with Crippen molar-refractivity contribution in [1.29, 1.82) is 0 Å². The Labute approximate surface area is 182 Å². The van der Waals surface area contributed by atoms with E-state index in [2.05, 4.69) is 15.3 Å².